The van der Waals surface area contributed by atoms with Gasteiger partial charge in [0.2, 0.25) is 5.91 Å². The van der Waals surface area contributed by atoms with Gasteiger partial charge in [-0.05, 0) is 25.3 Å². The molecule has 0 bridgehead atoms. The first-order valence-electron chi connectivity index (χ1n) is 6.52. The predicted octanol–water partition coefficient (Wildman–Crippen LogP) is -0.109. The van der Waals surface area contributed by atoms with Crippen LogP contribution in [0.3, 0.4) is 0 Å². The van der Waals surface area contributed by atoms with Gasteiger partial charge in [0.05, 0.1) is 0 Å². The Labute approximate surface area is 108 Å². The fourth-order valence-electron chi connectivity index (χ4n) is 2.34. The summed E-state index contributed by atoms with van der Waals surface area (Å²) in [5.74, 6) is 0.457. The molecule has 1 fully saturated rings. The molecule has 6 nitrogen and oxygen atoms in total. The van der Waals surface area contributed by atoms with Crippen molar-refractivity contribution >= 4 is 11.9 Å². The maximum Gasteiger partial charge on any atom is 0.321 e. The molecule has 0 saturated carbocycles. The molecule has 3 amide bonds. The van der Waals surface area contributed by atoms with Crippen LogP contribution in [0.25, 0.3) is 0 Å². The zero-order valence-corrected chi connectivity index (χ0v) is 11.2. The van der Waals surface area contributed by atoms with Gasteiger partial charge in [-0.3, -0.25) is 15.0 Å². The maximum atomic E-state index is 11.5. The third kappa shape index (κ3) is 4.62. The summed E-state index contributed by atoms with van der Waals surface area (Å²) in [6.07, 6.45) is 2.57. The molecule has 1 rings (SSSR count). The molecule has 0 aromatic carbocycles. The highest BCUT2D eigenvalue weighted by Gasteiger charge is 2.25. The van der Waals surface area contributed by atoms with E-state index in [1.807, 2.05) is 0 Å². The van der Waals surface area contributed by atoms with Crippen molar-refractivity contribution in [1.82, 2.24) is 15.5 Å². The minimum Gasteiger partial charge on any atom is -0.341 e. The number of carbonyl (C=O) groups excluding carboxylic acids is 2. The van der Waals surface area contributed by atoms with Crippen LogP contribution in [0.1, 0.15) is 26.2 Å². The number of hydrogen-bond donors (Lipinski definition) is 3. The van der Waals surface area contributed by atoms with Gasteiger partial charge in [-0.15, -0.1) is 0 Å². The van der Waals surface area contributed by atoms with Crippen molar-refractivity contribution in [2.24, 2.45) is 11.7 Å². The molecule has 2 atom stereocenters. The van der Waals surface area contributed by atoms with E-state index in [-0.39, 0.29) is 5.91 Å². The molecule has 0 spiro atoms. The molecular weight excluding hydrogens is 232 g/mol. The second-order valence-electron chi connectivity index (χ2n) is 4.93. The number of likely N-dealkylation sites (tertiary alicyclic amines) is 1. The van der Waals surface area contributed by atoms with Crippen molar-refractivity contribution in [3.8, 4) is 0 Å². The lowest BCUT2D eigenvalue weighted by molar-refractivity contribution is -0.120. The molecule has 1 heterocycles. The first kappa shape index (κ1) is 14.9. The molecule has 6 heteroatoms. The summed E-state index contributed by atoms with van der Waals surface area (Å²) in [7, 11) is 1.49. The maximum absolute atomic E-state index is 11.5. The number of nitrogens with zero attached hydrogens (tertiary/aromatic N) is 1. The molecule has 0 aromatic rings. The molecule has 1 aliphatic heterocycles. The van der Waals surface area contributed by atoms with E-state index >= 15 is 0 Å². The number of urea groups is 1. The molecule has 0 radical (unpaired) electrons. The summed E-state index contributed by atoms with van der Waals surface area (Å²) in [5, 5.41) is 4.62. The fourth-order valence-corrected chi connectivity index (χ4v) is 2.34. The van der Waals surface area contributed by atoms with Gasteiger partial charge in [-0.25, -0.2) is 4.79 Å². The van der Waals surface area contributed by atoms with E-state index in [2.05, 4.69) is 22.5 Å². The Morgan fingerprint density at radius 2 is 2.17 bits per heavy atom. The number of hydrogen-bond acceptors (Lipinski definition) is 4. The number of nitrogens with two attached hydrogens (primary N) is 1. The fraction of sp³-hybridized carbons (Fsp3) is 0.833. The van der Waals surface area contributed by atoms with Crippen molar-refractivity contribution < 1.29 is 9.59 Å². The summed E-state index contributed by atoms with van der Waals surface area (Å²) < 4.78 is 0. The number of nitrogens with one attached hydrogen (secondary N) is 2. The number of rotatable bonds is 4. The molecule has 18 heavy (non-hydrogen) atoms. The Morgan fingerprint density at radius 1 is 1.44 bits per heavy atom. The molecule has 1 saturated heterocycles. The van der Waals surface area contributed by atoms with E-state index in [4.69, 9.17) is 5.73 Å². The van der Waals surface area contributed by atoms with Crippen LogP contribution in [0.15, 0.2) is 0 Å². The smallest absolute Gasteiger partial charge is 0.321 e. The lowest BCUT2D eigenvalue weighted by Gasteiger charge is -2.37. The Morgan fingerprint density at radius 3 is 2.78 bits per heavy atom. The number of carbonyl (C=O) groups is 2. The van der Waals surface area contributed by atoms with Gasteiger partial charge in [0.1, 0.15) is 0 Å². The molecule has 0 aliphatic carbocycles. The highest BCUT2D eigenvalue weighted by atomic mass is 16.2. The Balaban J connectivity index is 2.33. The van der Waals surface area contributed by atoms with Crippen LogP contribution >= 0.6 is 0 Å². The van der Waals surface area contributed by atoms with Gasteiger partial charge < -0.3 is 11.1 Å². The van der Waals surface area contributed by atoms with Crippen LogP contribution < -0.4 is 16.4 Å². The van der Waals surface area contributed by atoms with Crippen molar-refractivity contribution in [3.63, 3.8) is 0 Å². The van der Waals surface area contributed by atoms with Gasteiger partial charge in [-0.2, -0.15) is 0 Å². The summed E-state index contributed by atoms with van der Waals surface area (Å²) in [6.45, 7) is 4.51. The number of piperidine rings is 1. The predicted molar refractivity (Wildman–Crippen MR) is 70.0 cm³/mol. The second kappa shape index (κ2) is 7.33. The standard InChI is InChI=1S/C12H24N4O2/c1-9-3-5-16(10(7-9)8-13)6-4-11(17)15-12(18)14-2/h9-10H,3-8,13H2,1-2H3,(H2,14,15,17,18). The van der Waals surface area contributed by atoms with Crippen molar-refractivity contribution in [1.29, 1.82) is 0 Å². The molecule has 4 N–H and O–H groups in total. The van der Waals surface area contributed by atoms with Gasteiger partial charge >= 0.3 is 6.03 Å². The quantitative estimate of drug-likeness (QED) is 0.655. The SMILES string of the molecule is CNC(=O)NC(=O)CCN1CCC(C)CC1CN. The van der Waals surface area contributed by atoms with Gasteiger partial charge in [0.25, 0.3) is 0 Å². The number of amides is 3. The normalized spacial score (nSPS) is 24.6. The van der Waals surface area contributed by atoms with Crippen LogP contribution in [0, 0.1) is 5.92 Å². The third-order valence-corrected chi connectivity index (χ3v) is 3.48. The Hall–Kier alpha value is -1.14. The van der Waals surface area contributed by atoms with E-state index in [0.717, 1.165) is 19.4 Å². The Kier molecular flexibility index (Phi) is 6.07. The van der Waals surface area contributed by atoms with Gasteiger partial charge in [-0.1, -0.05) is 6.92 Å². The summed E-state index contributed by atoms with van der Waals surface area (Å²) >= 11 is 0. The highest BCUT2D eigenvalue weighted by Crippen LogP contribution is 2.21. The topological polar surface area (TPSA) is 87.5 Å². The van der Waals surface area contributed by atoms with Crippen LogP contribution in [0.2, 0.25) is 0 Å². The zero-order valence-electron chi connectivity index (χ0n) is 11.2. The molecule has 1 aliphatic rings. The second-order valence-corrected chi connectivity index (χ2v) is 4.93. The van der Waals surface area contributed by atoms with E-state index in [9.17, 15) is 9.59 Å². The minimum atomic E-state index is -0.456. The van der Waals surface area contributed by atoms with E-state index < -0.39 is 6.03 Å². The minimum absolute atomic E-state index is 0.247. The highest BCUT2D eigenvalue weighted by molar-refractivity contribution is 5.94. The first-order chi connectivity index (χ1) is 8.56. The molecule has 2 unspecified atom stereocenters. The van der Waals surface area contributed by atoms with Crippen LogP contribution in [-0.4, -0.2) is 49.6 Å². The summed E-state index contributed by atoms with van der Waals surface area (Å²) in [6, 6.07) is -0.0933. The molecular formula is C12H24N4O2. The van der Waals surface area contributed by atoms with Crippen LogP contribution in [0.5, 0.6) is 0 Å². The average Bonchev–Trinajstić information content (AvgIpc) is 2.36. The lowest BCUT2D eigenvalue weighted by atomic mass is 9.92. The van der Waals surface area contributed by atoms with Crippen molar-refractivity contribution in [2.75, 3.05) is 26.7 Å². The summed E-state index contributed by atoms with van der Waals surface area (Å²) in [4.78, 5) is 24.7. The summed E-state index contributed by atoms with van der Waals surface area (Å²) in [5.41, 5.74) is 5.76. The first-order valence-corrected chi connectivity index (χ1v) is 6.52. The largest absolute Gasteiger partial charge is 0.341 e. The monoisotopic (exact) mass is 256 g/mol. The van der Waals surface area contributed by atoms with Gasteiger partial charge in [0.15, 0.2) is 0 Å². The van der Waals surface area contributed by atoms with E-state index in [1.165, 1.54) is 7.05 Å². The van der Waals surface area contributed by atoms with Crippen molar-refractivity contribution in [2.45, 2.75) is 32.2 Å². The number of imide groups is 1. The molecule has 104 valence electrons. The lowest BCUT2D eigenvalue weighted by Crippen LogP contribution is -2.47. The zero-order chi connectivity index (χ0) is 13.5. The Bertz CT molecular complexity index is 296. The average molecular weight is 256 g/mol. The van der Waals surface area contributed by atoms with Crippen molar-refractivity contribution in [3.05, 3.63) is 0 Å². The van der Waals surface area contributed by atoms with Gasteiger partial charge in [0, 0.05) is 32.6 Å². The van der Waals surface area contributed by atoms with E-state index in [0.29, 0.717) is 31.5 Å². The van der Waals surface area contributed by atoms with Crippen LogP contribution in [-0.2, 0) is 4.79 Å². The molecule has 0 aromatic heterocycles. The van der Waals surface area contributed by atoms with Crippen LogP contribution in [0.4, 0.5) is 4.79 Å². The van der Waals surface area contributed by atoms with E-state index in [1.54, 1.807) is 0 Å². The third-order valence-electron chi connectivity index (χ3n) is 3.48.